The minimum Gasteiger partial charge on any atom is -0.490 e. The summed E-state index contributed by atoms with van der Waals surface area (Å²) in [6.07, 6.45) is 0.447. The van der Waals surface area contributed by atoms with Crippen molar-refractivity contribution in [2.45, 2.75) is 50.5 Å². The maximum Gasteiger partial charge on any atom is 0.417 e. The number of hydrogen-bond donors (Lipinski definition) is 3. The largest absolute Gasteiger partial charge is 0.490 e. The van der Waals surface area contributed by atoms with E-state index in [1.165, 1.54) is 10.7 Å². The molecule has 2 aliphatic rings. The van der Waals surface area contributed by atoms with Gasteiger partial charge in [-0.3, -0.25) is 4.79 Å². The van der Waals surface area contributed by atoms with E-state index in [0.29, 0.717) is 34.8 Å². The third-order valence-corrected chi connectivity index (χ3v) is 7.27. The standard InChI is InChI=1S/C25H28F3N5O4/c1-23(35)12-15-10-18(31-22(34)17-13-30-33-7-3-6-29-21(17)33)19(11-20(15)37-14-23)32-8-4-16(5-9-32)24(2,36)25(26,27)28/h3,6-7,10-11,13,16,35-36H,4-5,8-9,12,14H2,1-2H3,(H,31,34)/t23-,24?/m0/s1. The summed E-state index contributed by atoms with van der Waals surface area (Å²) in [5.41, 5.74) is -1.51. The fourth-order valence-electron chi connectivity index (χ4n) is 5.03. The summed E-state index contributed by atoms with van der Waals surface area (Å²) in [5, 5.41) is 27.7. The monoisotopic (exact) mass is 519 g/mol. The van der Waals surface area contributed by atoms with Crippen LogP contribution in [0, 0.1) is 5.92 Å². The van der Waals surface area contributed by atoms with E-state index in [1.807, 2.05) is 4.90 Å². The summed E-state index contributed by atoms with van der Waals surface area (Å²) in [4.78, 5) is 19.3. The van der Waals surface area contributed by atoms with E-state index in [1.54, 1.807) is 37.5 Å². The van der Waals surface area contributed by atoms with Gasteiger partial charge in [0.25, 0.3) is 5.91 Å². The molecule has 3 aromatic rings. The number of carbonyl (C=O) groups is 1. The number of rotatable bonds is 4. The lowest BCUT2D eigenvalue weighted by Crippen LogP contribution is -2.52. The highest BCUT2D eigenvalue weighted by atomic mass is 19.4. The number of ether oxygens (including phenoxy) is 1. The molecule has 0 radical (unpaired) electrons. The summed E-state index contributed by atoms with van der Waals surface area (Å²) >= 11 is 0. The van der Waals surface area contributed by atoms with Gasteiger partial charge in [0.1, 0.15) is 17.9 Å². The van der Waals surface area contributed by atoms with Gasteiger partial charge in [0.15, 0.2) is 11.2 Å². The van der Waals surface area contributed by atoms with Gasteiger partial charge in [-0.25, -0.2) is 9.50 Å². The second-order valence-electron chi connectivity index (χ2n) is 10.2. The van der Waals surface area contributed by atoms with Crippen molar-refractivity contribution in [2.24, 2.45) is 5.92 Å². The van der Waals surface area contributed by atoms with Crippen molar-refractivity contribution in [2.75, 3.05) is 29.9 Å². The number of halogens is 3. The average molecular weight is 520 g/mol. The minimum absolute atomic E-state index is 0.0930. The number of nitrogens with zero attached hydrogens (tertiary/aromatic N) is 4. The molecule has 9 nitrogen and oxygen atoms in total. The molecule has 3 N–H and O–H groups in total. The van der Waals surface area contributed by atoms with E-state index in [9.17, 15) is 28.2 Å². The summed E-state index contributed by atoms with van der Waals surface area (Å²) in [5.74, 6) is -0.856. The van der Waals surface area contributed by atoms with Crippen LogP contribution in [0.15, 0.2) is 36.8 Å². The first-order valence-corrected chi connectivity index (χ1v) is 12.0. The van der Waals surface area contributed by atoms with Crippen molar-refractivity contribution in [1.82, 2.24) is 14.6 Å². The summed E-state index contributed by atoms with van der Waals surface area (Å²) in [7, 11) is 0. The number of aromatic nitrogens is 3. The van der Waals surface area contributed by atoms with Crippen molar-refractivity contribution in [1.29, 1.82) is 0 Å². The second-order valence-corrected chi connectivity index (χ2v) is 10.2. The molecule has 1 aromatic carbocycles. The van der Waals surface area contributed by atoms with Crippen LogP contribution in [0.25, 0.3) is 5.65 Å². The number of amides is 1. The summed E-state index contributed by atoms with van der Waals surface area (Å²) in [6.45, 7) is 3.06. The van der Waals surface area contributed by atoms with E-state index in [2.05, 4.69) is 15.4 Å². The number of anilines is 2. The van der Waals surface area contributed by atoms with Gasteiger partial charge >= 0.3 is 6.18 Å². The molecule has 0 spiro atoms. The highest BCUT2D eigenvalue weighted by molar-refractivity contribution is 6.09. The van der Waals surface area contributed by atoms with Crippen molar-refractivity contribution in [3.05, 3.63) is 47.9 Å². The molecule has 5 rings (SSSR count). The van der Waals surface area contributed by atoms with Crippen LogP contribution in [0.2, 0.25) is 0 Å². The van der Waals surface area contributed by atoms with Crippen LogP contribution >= 0.6 is 0 Å². The molecule has 12 heteroatoms. The van der Waals surface area contributed by atoms with Crippen molar-refractivity contribution in [3.8, 4) is 5.75 Å². The molecule has 2 aromatic heterocycles. The number of fused-ring (bicyclic) bond motifs is 2. The van der Waals surface area contributed by atoms with Gasteiger partial charge in [-0.05, 0) is 50.3 Å². The number of nitrogens with one attached hydrogen (secondary N) is 1. The lowest BCUT2D eigenvalue weighted by molar-refractivity contribution is -0.273. The lowest BCUT2D eigenvalue weighted by Gasteiger charge is -2.41. The molecule has 1 amide bonds. The summed E-state index contributed by atoms with van der Waals surface area (Å²) in [6, 6.07) is 5.17. The maximum absolute atomic E-state index is 13.4. The second kappa shape index (κ2) is 8.88. The molecule has 198 valence electrons. The predicted molar refractivity (Wildman–Crippen MR) is 129 cm³/mol. The fraction of sp³-hybridized carbons (Fsp3) is 0.480. The van der Waals surface area contributed by atoms with Crippen molar-refractivity contribution < 1.29 is 32.9 Å². The third-order valence-electron chi connectivity index (χ3n) is 7.27. The van der Waals surface area contributed by atoms with Gasteiger partial charge in [-0.15, -0.1) is 0 Å². The molecule has 0 saturated carbocycles. The predicted octanol–water partition coefficient (Wildman–Crippen LogP) is 3.20. The quantitative estimate of drug-likeness (QED) is 0.485. The van der Waals surface area contributed by atoms with Gasteiger partial charge in [0.2, 0.25) is 0 Å². The molecule has 1 saturated heterocycles. The Morgan fingerprint density at radius 1 is 1.27 bits per heavy atom. The Labute approximate surface area is 210 Å². The van der Waals surface area contributed by atoms with E-state index in [-0.39, 0.29) is 38.1 Å². The van der Waals surface area contributed by atoms with E-state index < -0.39 is 29.2 Å². The zero-order valence-electron chi connectivity index (χ0n) is 20.4. The van der Waals surface area contributed by atoms with Gasteiger partial charge < -0.3 is 25.2 Å². The van der Waals surface area contributed by atoms with Gasteiger partial charge in [-0.2, -0.15) is 18.3 Å². The first-order valence-electron chi connectivity index (χ1n) is 12.0. The SMILES string of the molecule is CC(O)(C1CCN(c2cc3c(cc2NC(=O)c2cnn4cccnc24)C[C@](C)(O)CO3)CC1)C(F)(F)F. The Morgan fingerprint density at radius 3 is 2.70 bits per heavy atom. The maximum atomic E-state index is 13.4. The van der Waals surface area contributed by atoms with Gasteiger partial charge in [0.05, 0.1) is 23.2 Å². The smallest absolute Gasteiger partial charge is 0.417 e. The van der Waals surface area contributed by atoms with E-state index in [0.717, 1.165) is 6.92 Å². The summed E-state index contributed by atoms with van der Waals surface area (Å²) < 4.78 is 47.4. The Morgan fingerprint density at radius 2 is 2.00 bits per heavy atom. The molecular weight excluding hydrogens is 491 g/mol. The molecule has 2 aliphatic heterocycles. The topological polar surface area (TPSA) is 112 Å². The number of piperidine rings is 1. The van der Waals surface area contributed by atoms with Gasteiger partial charge in [0, 0.05) is 38.0 Å². The number of benzene rings is 1. The van der Waals surface area contributed by atoms with Crippen molar-refractivity contribution >= 4 is 22.9 Å². The highest BCUT2D eigenvalue weighted by Gasteiger charge is 2.55. The molecule has 37 heavy (non-hydrogen) atoms. The van der Waals surface area contributed by atoms with E-state index >= 15 is 0 Å². The molecule has 2 atom stereocenters. The number of aliphatic hydroxyl groups is 2. The molecule has 0 bridgehead atoms. The van der Waals surface area contributed by atoms with Crippen LogP contribution in [-0.4, -0.2) is 67.8 Å². The van der Waals surface area contributed by atoms with E-state index in [4.69, 9.17) is 4.74 Å². The number of hydrogen-bond acceptors (Lipinski definition) is 7. The van der Waals surface area contributed by atoms with Crippen LogP contribution in [0.1, 0.15) is 42.6 Å². The molecule has 4 heterocycles. The first kappa shape index (κ1) is 25.3. The minimum atomic E-state index is -4.72. The van der Waals surface area contributed by atoms with Crippen LogP contribution < -0.4 is 15.0 Å². The highest BCUT2D eigenvalue weighted by Crippen LogP contribution is 2.43. The Hall–Kier alpha value is -3.38. The van der Waals surface area contributed by atoms with Crippen LogP contribution in [0.3, 0.4) is 0 Å². The normalized spacial score (nSPS) is 22.3. The zero-order valence-corrected chi connectivity index (χ0v) is 20.4. The lowest BCUT2D eigenvalue weighted by atomic mass is 9.81. The zero-order chi connectivity index (χ0) is 26.6. The van der Waals surface area contributed by atoms with Crippen LogP contribution in [0.5, 0.6) is 5.75 Å². The van der Waals surface area contributed by atoms with Crippen LogP contribution in [-0.2, 0) is 6.42 Å². The Kier molecular flexibility index (Phi) is 6.06. The van der Waals surface area contributed by atoms with Crippen molar-refractivity contribution in [3.63, 3.8) is 0 Å². The fourth-order valence-corrected chi connectivity index (χ4v) is 5.03. The first-order chi connectivity index (χ1) is 17.4. The average Bonchev–Trinajstić information content (AvgIpc) is 3.27. The Bertz CT molecular complexity index is 1330. The van der Waals surface area contributed by atoms with Crippen LogP contribution in [0.4, 0.5) is 24.5 Å². The van der Waals surface area contributed by atoms with Gasteiger partial charge in [-0.1, -0.05) is 0 Å². The molecule has 1 fully saturated rings. The third kappa shape index (κ3) is 4.71. The number of alkyl halides is 3. The molecule has 1 unspecified atom stereocenters. The molecule has 0 aliphatic carbocycles. The number of carbonyl (C=O) groups excluding carboxylic acids is 1. The Balaban J connectivity index is 1.45. The molecular formula is C25H28F3N5O4.